The van der Waals surface area contributed by atoms with E-state index < -0.39 is 12.1 Å². The summed E-state index contributed by atoms with van der Waals surface area (Å²) in [6.07, 6.45) is 2.45. The summed E-state index contributed by atoms with van der Waals surface area (Å²) in [6.45, 7) is 0. The molecule has 0 saturated heterocycles. The summed E-state index contributed by atoms with van der Waals surface area (Å²) in [6, 6.07) is 1.29. The third-order valence-electron chi connectivity index (χ3n) is 2.11. The molecule has 4 amide bonds. The van der Waals surface area contributed by atoms with Crippen molar-refractivity contribution in [1.82, 2.24) is 10.9 Å². The number of phenols is 1. The van der Waals surface area contributed by atoms with Gasteiger partial charge in [0, 0.05) is 5.56 Å². The van der Waals surface area contributed by atoms with Gasteiger partial charge in [0.05, 0.1) is 19.5 Å². The van der Waals surface area contributed by atoms with Crippen LogP contribution in [0.4, 0.5) is 9.59 Å². The fraction of sp³-hybridized carbons (Fsp3) is 0.0909. The van der Waals surface area contributed by atoms with Gasteiger partial charge in [-0.15, -0.1) is 0 Å². The van der Waals surface area contributed by atoms with Gasteiger partial charge < -0.3 is 21.3 Å². The molecule has 0 aliphatic heterocycles. The van der Waals surface area contributed by atoms with E-state index in [0.717, 1.165) is 0 Å². The first-order chi connectivity index (χ1) is 9.93. The van der Waals surface area contributed by atoms with Gasteiger partial charge in [-0.1, -0.05) is 0 Å². The maximum atomic E-state index is 10.5. The molecule has 0 spiro atoms. The highest BCUT2D eigenvalue weighted by Crippen LogP contribution is 2.29. The van der Waals surface area contributed by atoms with E-state index in [0.29, 0.717) is 5.56 Å². The van der Waals surface area contributed by atoms with E-state index in [1.54, 1.807) is 0 Å². The third kappa shape index (κ3) is 5.06. The fourth-order valence-corrected chi connectivity index (χ4v) is 1.32. The number of ether oxygens (including phenoxy) is 1. The minimum absolute atomic E-state index is 0.151. The van der Waals surface area contributed by atoms with Crippen LogP contribution < -0.4 is 27.1 Å². The number of primary amides is 2. The van der Waals surface area contributed by atoms with Gasteiger partial charge in [0.15, 0.2) is 11.5 Å². The maximum absolute atomic E-state index is 10.5. The number of benzene rings is 1. The number of rotatable bonds is 5. The van der Waals surface area contributed by atoms with Gasteiger partial charge in [0.2, 0.25) is 0 Å². The zero-order chi connectivity index (χ0) is 15.8. The quantitative estimate of drug-likeness (QED) is 0.362. The molecule has 7 N–H and O–H groups in total. The molecule has 1 aromatic carbocycles. The van der Waals surface area contributed by atoms with Crippen LogP contribution in [0.15, 0.2) is 22.3 Å². The molecule has 0 radical (unpaired) electrons. The third-order valence-corrected chi connectivity index (χ3v) is 2.11. The Morgan fingerprint density at radius 2 is 1.76 bits per heavy atom. The Balaban J connectivity index is 3.06. The van der Waals surface area contributed by atoms with Gasteiger partial charge in [-0.05, 0) is 17.7 Å². The van der Waals surface area contributed by atoms with Crippen LogP contribution in [-0.2, 0) is 0 Å². The van der Waals surface area contributed by atoms with E-state index in [-0.39, 0.29) is 17.1 Å². The van der Waals surface area contributed by atoms with Crippen LogP contribution in [-0.4, -0.2) is 36.7 Å². The lowest BCUT2D eigenvalue weighted by Crippen LogP contribution is -2.24. The molecule has 0 bridgehead atoms. The number of nitrogens with one attached hydrogen (secondary N) is 2. The molecule has 0 fully saturated rings. The van der Waals surface area contributed by atoms with E-state index in [1.165, 1.54) is 31.7 Å². The summed E-state index contributed by atoms with van der Waals surface area (Å²) in [4.78, 5) is 21.0. The van der Waals surface area contributed by atoms with Crippen LogP contribution in [0, 0.1) is 0 Å². The average Bonchev–Trinajstić information content (AvgIpc) is 2.40. The zero-order valence-electron chi connectivity index (χ0n) is 11.0. The molecule has 0 atom stereocenters. The second kappa shape index (κ2) is 7.33. The molecule has 21 heavy (non-hydrogen) atoms. The second-order valence-electron chi connectivity index (χ2n) is 3.63. The van der Waals surface area contributed by atoms with Gasteiger partial charge in [-0.25, -0.2) is 20.4 Å². The molecule has 10 heteroatoms. The van der Waals surface area contributed by atoms with Crippen LogP contribution in [0.25, 0.3) is 0 Å². The lowest BCUT2D eigenvalue weighted by atomic mass is 10.1. The van der Waals surface area contributed by atoms with E-state index >= 15 is 0 Å². The van der Waals surface area contributed by atoms with E-state index in [9.17, 15) is 14.7 Å². The highest BCUT2D eigenvalue weighted by Gasteiger charge is 2.08. The Morgan fingerprint density at radius 1 is 1.19 bits per heavy atom. The Kier molecular flexibility index (Phi) is 5.50. The molecule has 0 saturated carbocycles. The van der Waals surface area contributed by atoms with Gasteiger partial charge >= 0.3 is 12.1 Å². The summed E-state index contributed by atoms with van der Waals surface area (Å²) in [5.74, 6) is -0.0360. The number of amides is 4. The normalized spacial score (nSPS) is 10.7. The summed E-state index contributed by atoms with van der Waals surface area (Å²) < 4.78 is 4.98. The SMILES string of the molecule is COc1cc(/C=N\NC(N)=O)cc(/C=N/NC(N)=O)c1O. The van der Waals surface area contributed by atoms with Crippen molar-refractivity contribution in [2.75, 3.05) is 7.11 Å². The molecule has 0 unspecified atom stereocenters. The van der Waals surface area contributed by atoms with E-state index in [2.05, 4.69) is 10.2 Å². The first-order valence-corrected chi connectivity index (χ1v) is 5.52. The van der Waals surface area contributed by atoms with Crippen molar-refractivity contribution >= 4 is 24.5 Å². The minimum atomic E-state index is -0.846. The number of hydrazone groups is 2. The largest absolute Gasteiger partial charge is 0.504 e. The van der Waals surface area contributed by atoms with E-state index in [1.807, 2.05) is 10.9 Å². The number of nitrogens with zero attached hydrogens (tertiary/aromatic N) is 2. The number of phenolic OH excluding ortho intramolecular Hbond substituents is 1. The molecule has 112 valence electrons. The fourth-order valence-electron chi connectivity index (χ4n) is 1.32. The van der Waals surface area contributed by atoms with E-state index in [4.69, 9.17) is 16.2 Å². The smallest absolute Gasteiger partial charge is 0.332 e. The Hall–Kier alpha value is -3.30. The van der Waals surface area contributed by atoms with Crippen LogP contribution in [0.5, 0.6) is 11.5 Å². The number of hydrogen-bond donors (Lipinski definition) is 5. The highest BCUT2D eigenvalue weighted by atomic mass is 16.5. The summed E-state index contributed by atoms with van der Waals surface area (Å²) in [5.41, 5.74) is 14.4. The summed E-state index contributed by atoms with van der Waals surface area (Å²) in [5, 5.41) is 17.0. The van der Waals surface area contributed by atoms with Crippen LogP contribution in [0.2, 0.25) is 0 Å². The summed E-state index contributed by atoms with van der Waals surface area (Å²) >= 11 is 0. The van der Waals surface area contributed by atoms with Gasteiger partial charge in [-0.2, -0.15) is 10.2 Å². The lowest BCUT2D eigenvalue weighted by molar-refractivity contribution is 0.248. The lowest BCUT2D eigenvalue weighted by Gasteiger charge is -2.07. The molecular formula is C11H14N6O4. The molecule has 10 nitrogen and oxygen atoms in total. The van der Waals surface area contributed by atoms with Crippen LogP contribution in [0.1, 0.15) is 11.1 Å². The van der Waals surface area contributed by atoms with Gasteiger partial charge in [0.25, 0.3) is 0 Å². The van der Waals surface area contributed by atoms with Crippen molar-refractivity contribution in [3.05, 3.63) is 23.3 Å². The molecule has 1 rings (SSSR count). The molecular weight excluding hydrogens is 280 g/mol. The molecule has 0 aliphatic rings. The molecule has 0 heterocycles. The minimum Gasteiger partial charge on any atom is -0.504 e. The van der Waals surface area contributed by atoms with Crippen LogP contribution >= 0.6 is 0 Å². The Morgan fingerprint density at radius 3 is 2.29 bits per heavy atom. The number of carbonyl (C=O) groups is 2. The first-order valence-electron chi connectivity index (χ1n) is 5.52. The van der Waals surface area contributed by atoms with Crippen molar-refractivity contribution in [2.45, 2.75) is 0 Å². The van der Waals surface area contributed by atoms with Gasteiger partial charge in [0.1, 0.15) is 0 Å². The molecule has 1 aromatic rings. The monoisotopic (exact) mass is 294 g/mol. The number of urea groups is 2. The number of carbonyl (C=O) groups excluding carboxylic acids is 2. The topological polar surface area (TPSA) is 164 Å². The predicted molar refractivity (Wildman–Crippen MR) is 75.3 cm³/mol. The zero-order valence-corrected chi connectivity index (χ0v) is 11.0. The Bertz CT molecular complexity index is 599. The molecule has 0 aliphatic carbocycles. The summed E-state index contributed by atoms with van der Waals surface area (Å²) in [7, 11) is 1.36. The first kappa shape index (κ1) is 15.8. The van der Waals surface area contributed by atoms with Crippen molar-refractivity contribution in [3.8, 4) is 11.5 Å². The number of nitrogens with two attached hydrogens (primary N) is 2. The van der Waals surface area contributed by atoms with Crippen LogP contribution in [0.3, 0.4) is 0 Å². The van der Waals surface area contributed by atoms with Crippen molar-refractivity contribution < 1.29 is 19.4 Å². The maximum Gasteiger partial charge on any atom is 0.332 e. The van der Waals surface area contributed by atoms with Crippen molar-refractivity contribution in [3.63, 3.8) is 0 Å². The second-order valence-corrected chi connectivity index (χ2v) is 3.63. The van der Waals surface area contributed by atoms with Crippen molar-refractivity contribution in [1.29, 1.82) is 0 Å². The van der Waals surface area contributed by atoms with Crippen molar-refractivity contribution in [2.24, 2.45) is 21.7 Å². The molecule has 0 aromatic heterocycles. The standard InChI is InChI=1S/C11H14N6O4/c1-21-8-3-6(4-14-16-10(12)19)2-7(9(8)18)5-15-17-11(13)20/h2-5,18H,1H3,(H3,12,16,19)(H3,13,17,20)/b14-4-,15-5+. The number of hydrogen-bond acceptors (Lipinski definition) is 6. The average molecular weight is 294 g/mol. The Labute approximate surface area is 119 Å². The predicted octanol–water partition coefficient (Wildman–Crippen LogP) is -0.595. The number of methoxy groups -OCH3 is 1. The van der Waals surface area contributed by atoms with Gasteiger partial charge in [-0.3, -0.25) is 0 Å². The highest BCUT2D eigenvalue weighted by molar-refractivity contribution is 5.91. The number of aromatic hydroxyl groups is 1.